The van der Waals surface area contributed by atoms with E-state index in [1.807, 2.05) is 0 Å². The minimum absolute atomic E-state index is 0.0648. The van der Waals surface area contributed by atoms with Gasteiger partial charge in [-0.15, -0.1) is 0 Å². The fourth-order valence-electron chi connectivity index (χ4n) is 1.46. The molecule has 0 aliphatic carbocycles. The molecular weight excluding hydrogens is 223 g/mol. The molecule has 3 N–H and O–H groups in total. The van der Waals surface area contributed by atoms with Crippen molar-refractivity contribution in [3.05, 3.63) is 24.0 Å². The lowest BCUT2D eigenvalue weighted by Gasteiger charge is -2.03. The first kappa shape index (κ1) is 13.7. The summed E-state index contributed by atoms with van der Waals surface area (Å²) in [5.74, 6) is -0.0802. The average Bonchev–Trinajstić information content (AvgIpc) is 2.81. The maximum atomic E-state index is 12.9. The lowest BCUT2D eigenvalue weighted by molar-refractivity contribution is 0.196. The smallest absolute Gasteiger partial charge is 0.167 e. The first-order chi connectivity index (χ1) is 8.17. The van der Waals surface area contributed by atoms with Gasteiger partial charge in [0.15, 0.2) is 11.6 Å². The number of rotatable bonds is 2. The van der Waals surface area contributed by atoms with Crippen LogP contribution >= 0.6 is 0 Å². The van der Waals surface area contributed by atoms with Crippen molar-refractivity contribution in [1.29, 1.82) is 0 Å². The van der Waals surface area contributed by atoms with E-state index in [2.05, 4.69) is 10.6 Å². The van der Waals surface area contributed by atoms with Gasteiger partial charge in [0.25, 0.3) is 0 Å². The standard InChI is InChI=1S/C8H10FNO.C4H9NO/c1-10-6-3-4-8(11-2)7(9)5-6;6-4-1-2-5-3-4/h3-5,10H,1-2H3;4-6H,1-3H2. The quantitative estimate of drug-likeness (QED) is 0.730. The third-order valence-electron chi connectivity index (χ3n) is 2.47. The Bertz CT molecular complexity index is 341. The summed E-state index contributed by atoms with van der Waals surface area (Å²) in [6, 6.07) is 4.72. The molecule has 96 valence electrons. The van der Waals surface area contributed by atoms with E-state index in [1.165, 1.54) is 13.2 Å². The summed E-state index contributed by atoms with van der Waals surface area (Å²) in [6.45, 7) is 1.78. The van der Waals surface area contributed by atoms with Crippen LogP contribution in [-0.4, -0.2) is 38.5 Å². The van der Waals surface area contributed by atoms with Gasteiger partial charge in [0.1, 0.15) is 0 Å². The molecule has 1 aromatic rings. The molecule has 0 spiro atoms. The van der Waals surface area contributed by atoms with Crippen molar-refractivity contribution >= 4 is 5.69 Å². The van der Waals surface area contributed by atoms with E-state index in [4.69, 9.17) is 9.84 Å². The van der Waals surface area contributed by atoms with Gasteiger partial charge in [-0.1, -0.05) is 0 Å². The largest absolute Gasteiger partial charge is 0.494 e. The molecular formula is C12H19FN2O2. The topological polar surface area (TPSA) is 53.5 Å². The molecule has 1 fully saturated rings. The van der Waals surface area contributed by atoms with Crippen molar-refractivity contribution in [2.45, 2.75) is 12.5 Å². The van der Waals surface area contributed by atoms with Crippen molar-refractivity contribution in [3.8, 4) is 5.75 Å². The maximum Gasteiger partial charge on any atom is 0.167 e. The number of nitrogens with one attached hydrogen (secondary N) is 2. The molecule has 1 aromatic carbocycles. The third-order valence-corrected chi connectivity index (χ3v) is 2.47. The van der Waals surface area contributed by atoms with E-state index in [1.54, 1.807) is 19.2 Å². The lowest BCUT2D eigenvalue weighted by Crippen LogP contribution is -2.11. The number of β-amino-alcohol motifs (C(OH)–C–C–N with tert-alkyl or cyclic N) is 1. The molecule has 0 aromatic heterocycles. The minimum Gasteiger partial charge on any atom is -0.494 e. The number of aliphatic hydroxyl groups is 1. The molecule has 17 heavy (non-hydrogen) atoms. The highest BCUT2D eigenvalue weighted by Crippen LogP contribution is 2.19. The minimum atomic E-state index is -0.348. The van der Waals surface area contributed by atoms with Crippen LogP contribution in [0.5, 0.6) is 5.75 Å². The van der Waals surface area contributed by atoms with Gasteiger partial charge in [0.2, 0.25) is 0 Å². The molecule has 1 aliphatic rings. The summed E-state index contributed by atoms with van der Waals surface area (Å²) in [5.41, 5.74) is 0.739. The first-order valence-electron chi connectivity index (χ1n) is 5.57. The van der Waals surface area contributed by atoms with E-state index < -0.39 is 0 Å². The number of benzene rings is 1. The molecule has 1 unspecified atom stereocenters. The molecule has 0 amide bonds. The summed E-state index contributed by atoms with van der Waals surface area (Å²) in [5, 5.41) is 14.5. The molecule has 5 heteroatoms. The van der Waals surface area contributed by atoms with Crippen LogP contribution in [0.1, 0.15) is 6.42 Å². The van der Waals surface area contributed by atoms with Crippen LogP contribution in [-0.2, 0) is 0 Å². The fraction of sp³-hybridized carbons (Fsp3) is 0.500. The van der Waals surface area contributed by atoms with E-state index in [0.717, 1.165) is 25.2 Å². The Morgan fingerprint density at radius 2 is 2.29 bits per heavy atom. The van der Waals surface area contributed by atoms with Crippen molar-refractivity contribution in [2.75, 3.05) is 32.6 Å². The van der Waals surface area contributed by atoms with Crippen LogP contribution in [0.4, 0.5) is 10.1 Å². The Labute approximate surface area is 101 Å². The highest BCUT2D eigenvalue weighted by atomic mass is 19.1. The number of ether oxygens (including phenoxy) is 1. The Morgan fingerprint density at radius 3 is 2.65 bits per heavy atom. The SMILES string of the molecule is CNc1ccc(OC)c(F)c1.OC1CCNC1. The second-order valence-electron chi connectivity index (χ2n) is 3.75. The van der Waals surface area contributed by atoms with Gasteiger partial charge in [-0.2, -0.15) is 0 Å². The van der Waals surface area contributed by atoms with Gasteiger partial charge in [-0.25, -0.2) is 4.39 Å². The molecule has 1 saturated heterocycles. The highest BCUT2D eigenvalue weighted by molar-refractivity contribution is 5.46. The molecule has 2 rings (SSSR count). The zero-order valence-electron chi connectivity index (χ0n) is 10.2. The molecule has 0 saturated carbocycles. The number of anilines is 1. The van der Waals surface area contributed by atoms with Gasteiger partial charge in [0.05, 0.1) is 13.2 Å². The van der Waals surface area contributed by atoms with Crippen LogP contribution in [0.2, 0.25) is 0 Å². The van der Waals surface area contributed by atoms with Gasteiger partial charge >= 0.3 is 0 Å². The lowest BCUT2D eigenvalue weighted by atomic mass is 10.3. The zero-order valence-corrected chi connectivity index (χ0v) is 10.2. The number of methoxy groups -OCH3 is 1. The Balaban J connectivity index is 0.000000202. The first-order valence-corrected chi connectivity index (χ1v) is 5.57. The van der Waals surface area contributed by atoms with Gasteiger partial charge in [0, 0.05) is 25.3 Å². The van der Waals surface area contributed by atoms with Crippen molar-refractivity contribution in [2.24, 2.45) is 0 Å². The zero-order chi connectivity index (χ0) is 12.7. The van der Waals surface area contributed by atoms with Crippen molar-refractivity contribution in [3.63, 3.8) is 0 Å². The normalized spacial score (nSPS) is 18.2. The Morgan fingerprint density at radius 1 is 1.53 bits per heavy atom. The summed E-state index contributed by atoms with van der Waals surface area (Å²) in [4.78, 5) is 0. The van der Waals surface area contributed by atoms with Crippen LogP contribution < -0.4 is 15.4 Å². The summed E-state index contributed by atoms with van der Waals surface area (Å²) in [6.07, 6.45) is 0.866. The monoisotopic (exact) mass is 242 g/mol. The van der Waals surface area contributed by atoms with E-state index in [9.17, 15) is 4.39 Å². The molecule has 0 radical (unpaired) electrons. The Hall–Kier alpha value is -1.33. The third kappa shape index (κ3) is 4.58. The predicted octanol–water partition coefficient (Wildman–Crippen LogP) is 1.22. The van der Waals surface area contributed by atoms with E-state index in [-0.39, 0.29) is 17.7 Å². The summed E-state index contributed by atoms with van der Waals surface area (Å²) >= 11 is 0. The Kier molecular flexibility index (Phi) is 5.72. The second kappa shape index (κ2) is 7.09. The maximum absolute atomic E-state index is 12.9. The summed E-state index contributed by atoms with van der Waals surface area (Å²) < 4.78 is 17.6. The van der Waals surface area contributed by atoms with Crippen molar-refractivity contribution in [1.82, 2.24) is 5.32 Å². The highest BCUT2D eigenvalue weighted by Gasteiger charge is 2.08. The fourth-order valence-corrected chi connectivity index (χ4v) is 1.46. The van der Waals surface area contributed by atoms with Gasteiger partial charge < -0.3 is 20.5 Å². The van der Waals surface area contributed by atoms with Crippen LogP contribution in [0, 0.1) is 5.82 Å². The molecule has 1 atom stereocenters. The van der Waals surface area contributed by atoms with Crippen LogP contribution in [0.3, 0.4) is 0 Å². The second-order valence-corrected chi connectivity index (χ2v) is 3.75. The molecule has 1 aliphatic heterocycles. The van der Waals surface area contributed by atoms with Crippen molar-refractivity contribution < 1.29 is 14.2 Å². The number of halogens is 1. The predicted molar refractivity (Wildman–Crippen MR) is 66.0 cm³/mol. The molecule has 0 bridgehead atoms. The van der Waals surface area contributed by atoms with E-state index in [0.29, 0.717) is 0 Å². The molecule has 4 nitrogen and oxygen atoms in total. The average molecular weight is 242 g/mol. The van der Waals surface area contributed by atoms with E-state index >= 15 is 0 Å². The summed E-state index contributed by atoms with van der Waals surface area (Å²) in [7, 11) is 3.18. The van der Waals surface area contributed by atoms with Crippen LogP contribution in [0.25, 0.3) is 0 Å². The van der Waals surface area contributed by atoms with Gasteiger partial charge in [-0.05, 0) is 25.1 Å². The number of aliphatic hydroxyl groups excluding tert-OH is 1. The van der Waals surface area contributed by atoms with Crippen LogP contribution in [0.15, 0.2) is 18.2 Å². The van der Waals surface area contributed by atoms with Gasteiger partial charge in [-0.3, -0.25) is 0 Å². The molecule has 1 heterocycles. The number of hydrogen-bond donors (Lipinski definition) is 3. The number of hydrogen-bond acceptors (Lipinski definition) is 4.